The van der Waals surface area contributed by atoms with Gasteiger partial charge in [0.1, 0.15) is 5.54 Å². The second-order valence-electron chi connectivity index (χ2n) is 6.30. The fourth-order valence-corrected chi connectivity index (χ4v) is 2.72. The highest BCUT2D eigenvalue weighted by Gasteiger charge is 2.66. The van der Waals surface area contributed by atoms with E-state index in [4.69, 9.17) is 9.47 Å². The summed E-state index contributed by atoms with van der Waals surface area (Å²) in [4.78, 5) is 23.7. The number of rotatable bonds is 8. The Hall–Kier alpha value is -1.14. The van der Waals surface area contributed by atoms with Gasteiger partial charge in [-0.3, -0.25) is 4.79 Å². The molecule has 1 aliphatic rings. The maximum absolute atomic E-state index is 12.0. The van der Waals surface area contributed by atoms with E-state index in [2.05, 4.69) is 5.32 Å². The standard InChI is InChI=1S/C15H27NO5/c1-6-20-11-9-15(13(18)19,14(11,4)5)16-12(17)7-8-21-10(2)3/h10-11H,6-9H2,1-5H3,(H,16,17)(H,18,19). The SMILES string of the molecule is CCOC1CC(NC(=O)CCOC(C)C)(C(=O)O)C1(C)C. The molecule has 0 heterocycles. The highest BCUT2D eigenvalue weighted by molar-refractivity contribution is 5.89. The molecule has 2 atom stereocenters. The fraction of sp³-hybridized carbons (Fsp3) is 0.867. The van der Waals surface area contributed by atoms with Crippen molar-refractivity contribution in [3.05, 3.63) is 0 Å². The molecule has 0 aromatic rings. The first kappa shape index (κ1) is 17.9. The summed E-state index contributed by atoms with van der Waals surface area (Å²) in [6, 6.07) is 0. The number of carbonyl (C=O) groups excluding carboxylic acids is 1. The van der Waals surface area contributed by atoms with Crippen molar-refractivity contribution in [2.24, 2.45) is 5.41 Å². The molecule has 21 heavy (non-hydrogen) atoms. The monoisotopic (exact) mass is 301 g/mol. The zero-order chi connectivity index (χ0) is 16.3. The molecule has 6 nitrogen and oxygen atoms in total. The van der Waals surface area contributed by atoms with E-state index in [9.17, 15) is 14.7 Å². The summed E-state index contributed by atoms with van der Waals surface area (Å²) in [5.74, 6) is -1.32. The average molecular weight is 301 g/mol. The van der Waals surface area contributed by atoms with Crippen molar-refractivity contribution in [2.45, 2.75) is 65.2 Å². The van der Waals surface area contributed by atoms with Crippen molar-refractivity contribution in [1.29, 1.82) is 0 Å². The number of hydrogen-bond donors (Lipinski definition) is 2. The van der Waals surface area contributed by atoms with Gasteiger partial charge in [-0.25, -0.2) is 4.79 Å². The first-order chi connectivity index (χ1) is 9.67. The van der Waals surface area contributed by atoms with Crippen molar-refractivity contribution < 1.29 is 24.2 Å². The lowest BCUT2D eigenvalue weighted by atomic mass is 9.54. The average Bonchev–Trinajstić information content (AvgIpc) is 2.36. The molecule has 0 aromatic carbocycles. The van der Waals surface area contributed by atoms with Gasteiger partial charge in [0.2, 0.25) is 5.91 Å². The number of carboxylic acids is 1. The maximum atomic E-state index is 12.0. The Morgan fingerprint density at radius 1 is 1.38 bits per heavy atom. The summed E-state index contributed by atoms with van der Waals surface area (Å²) in [5, 5.41) is 12.2. The normalized spacial score (nSPS) is 27.2. The van der Waals surface area contributed by atoms with Crippen molar-refractivity contribution in [3.63, 3.8) is 0 Å². The van der Waals surface area contributed by atoms with Crippen LogP contribution in [0.15, 0.2) is 0 Å². The Kier molecular flexibility index (Phi) is 5.75. The van der Waals surface area contributed by atoms with E-state index in [-0.39, 0.29) is 31.1 Å². The van der Waals surface area contributed by atoms with Gasteiger partial charge in [-0.2, -0.15) is 0 Å². The predicted molar refractivity (Wildman–Crippen MR) is 78.0 cm³/mol. The van der Waals surface area contributed by atoms with Crippen LogP contribution in [0.4, 0.5) is 0 Å². The Labute approximate surface area is 126 Å². The van der Waals surface area contributed by atoms with Gasteiger partial charge in [-0.1, -0.05) is 13.8 Å². The molecule has 0 spiro atoms. The summed E-state index contributed by atoms with van der Waals surface area (Å²) in [7, 11) is 0. The zero-order valence-electron chi connectivity index (χ0n) is 13.6. The van der Waals surface area contributed by atoms with E-state index in [1.54, 1.807) is 0 Å². The number of aliphatic carboxylic acids is 1. The van der Waals surface area contributed by atoms with Crippen LogP contribution in [-0.4, -0.2) is 47.9 Å². The summed E-state index contributed by atoms with van der Waals surface area (Å²) in [5.41, 5.74) is -1.91. The van der Waals surface area contributed by atoms with Crippen LogP contribution in [0.25, 0.3) is 0 Å². The topological polar surface area (TPSA) is 84.9 Å². The van der Waals surface area contributed by atoms with Crippen molar-refractivity contribution in [3.8, 4) is 0 Å². The van der Waals surface area contributed by atoms with E-state index in [0.717, 1.165) is 0 Å². The quantitative estimate of drug-likeness (QED) is 0.711. The number of carbonyl (C=O) groups is 2. The summed E-state index contributed by atoms with van der Waals surface area (Å²) >= 11 is 0. The van der Waals surface area contributed by atoms with Gasteiger partial charge in [0.05, 0.1) is 18.8 Å². The van der Waals surface area contributed by atoms with E-state index in [1.165, 1.54) is 0 Å². The van der Waals surface area contributed by atoms with Crippen LogP contribution in [0.1, 0.15) is 47.5 Å². The lowest BCUT2D eigenvalue weighted by molar-refractivity contribution is -0.194. The van der Waals surface area contributed by atoms with Crippen molar-refractivity contribution >= 4 is 11.9 Å². The zero-order valence-corrected chi connectivity index (χ0v) is 13.6. The minimum absolute atomic E-state index is 0.0497. The molecule has 1 amide bonds. The maximum Gasteiger partial charge on any atom is 0.330 e. The minimum Gasteiger partial charge on any atom is -0.479 e. The number of nitrogens with one attached hydrogen (secondary N) is 1. The molecule has 0 aliphatic heterocycles. The molecule has 1 saturated carbocycles. The minimum atomic E-state index is -1.26. The van der Waals surface area contributed by atoms with Crippen LogP contribution in [0.3, 0.4) is 0 Å². The molecule has 0 bridgehead atoms. The summed E-state index contributed by atoms with van der Waals surface area (Å²) in [6.07, 6.45) is 0.335. The first-order valence-electron chi connectivity index (χ1n) is 7.45. The first-order valence-corrected chi connectivity index (χ1v) is 7.45. The van der Waals surface area contributed by atoms with Gasteiger partial charge >= 0.3 is 5.97 Å². The molecule has 122 valence electrons. The highest BCUT2D eigenvalue weighted by Crippen LogP contribution is 2.51. The lowest BCUT2D eigenvalue weighted by Gasteiger charge is -2.58. The van der Waals surface area contributed by atoms with Crippen LogP contribution >= 0.6 is 0 Å². The van der Waals surface area contributed by atoms with Gasteiger partial charge in [-0.05, 0) is 20.8 Å². The molecule has 2 unspecified atom stereocenters. The largest absolute Gasteiger partial charge is 0.479 e. The van der Waals surface area contributed by atoms with Crippen LogP contribution in [0.2, 0.25) is 0 Å². The molecule has 6 heteroatoms. The van der Waals surface area contributed by atoms with E-state index in [0.29, 0.717) is 13.0 Å². The predicted octanol–water partition coefficient (Wildman–Crippen LogP) is 1.58. The number of hydrogen-bond acceptors (Lipinski definition) is 4. The third-order valence-corrected chi connectivity index (χ3v) is 4.26. The van der Waals surface area contributed by atoms with Crippen LogP contribution in [-0.2, 0) is 19.1 Å². The smallest absolute Gasteiger partial charge is 0.330 e. The Morgan fingerprint density at radius 3 is 2.43 bits per heavy atom. The lowest BCUT2D eigenvalue weighted by Crippen LogP contribution is -2.76. The molecule has 0 aromatic heterocycles. The summed E-state index contributed by atoms with van der Waals surface area (Å²) in [6.45, 7) is 10.1. The van der Waals surface area contributed by atoms with E-state index >= 15 is 0 Å². The number of carboxylic acid groups (broad SMARTS) is 1. The van der Waals surface area contributed by atoms with Crippen molar-refractivity contribution in [2.75, 3.05) is 13.2 Å². The van der Waals surface area contributed by atoms with Crippen LogP contribution < -0.4 is 5.32 Å². The van der Waals surface area contributed by atoms with Gasteiger partial charge in [0.15, 0.2) is 0 Å². The Balaban J connectivity index is 2.67. The Morgan fingerprint density at radius 2 is 2.00 bits per heavy atom. The molecule has 0 saturated heterocycles. The third-order valence-electron chi connectivity index (χ3n) is 4.26. The molecular weight excluding hydrogens is 274 g/mol. The van der Waals surface area contributed by atoms with Gasteiger partial charge in [0, 0.05) is 24.9 Å². The van der Waals surface area contributed by atoms with Crippen molar-refractivity contribution in [1.82, 2.24) is 5.32 Å². The molecule has 2 N–H and O–H groups in total. The van der Waals surface area contributed by atoms with Gasteiger partial charge in [0.25, 0.3) is 0 Å². The van der Waals surface area contributed by atoms with E-state index < -0.39 is 16.9 Å². The second-order valence-corrected chi connectivity index (χ2v) is 6.30. The summed E-state index contributed by atoms with van der Waals surface area (Å²) < 4.78 is 10.9. The fourth-order valence-electron chi connectivity index (χ4n) is 2.72. The Bertz CT molecular complexity index is 394. The molecular formula is C15H27NO5. The number of amides is 1. The number of ether oxygens (including phenoxy) is 2. The third kappa shape index (κ3) is 3.55. The van der Waals surface area contributed by atoms with Gasteiger partial charge in [-0.15, -0.1) is 0 Å². The van der Waals surface area contributed by atoms with Gasteiger partial charge < -0.3 is 19.9 Å². The molecule has 1 aliphatic carbocycles. The molecule has 1 fully saturated rings. The van der Waals surface area contributed by atoms with Crippen LogP contribution in [0.5, 0.6) is 0 Å². The molecule has 1 rings (SSSR count). The second kappa shape index (κ2) is 6.75. The highest BCUT2D eigenvalue weighted by atomic mass is 16.5. The molecule has 0 radical (unpaired) electrons. The van der Waals surface area contributed by atoms with Crippen LogP contribution in [0, 0.1) is 5.41 Å². The van der Waals surface area contributed by atoms with E-state index in [1.807, 2.05) is 34.6 Å².